The van der Waals surface area contributed by atoms with Gasteiger partial charge in [-0.15, -0.1) is 0 Å². The van der Waals surface area contributed by atoms with Crippen LogP contribution in [0.5, 0.6) is 5.75 Å². The number of nitrogens with two attached hydrogens (primary N) is 1. The first-order valence-corrected chi connectivity index (χ1v) is 4.95. The first-order valence-electron chi connectivity index (χ1n) is 4.16. The van der Waals surface area contributed by atoms with E-state index >= 15 is 0 Å². The zero-order valence-electron chi connectivity index (χ0n) is 7.30. The Bertz CT molecular complexity index is 341. The van der Waals surface area contributed by atoms with E-state index in [-0.39, 0.29) is 6.10 Å². The quantitative estimate of drug-likeness (QED) is 0.687. The van der Waals surface area contributed by atoms with Crippen molar-refractivity contribution in [3.05, 3.63) is 16.6 Å². The second kappa shape index (κ2) is 3.10. The summed E-state index contributed by atoms with van der Waals surface area (Å²) in [7, 11) is 0. The molecule has 0 spiro atoms. The number of rotatable bonds is 0. The van der Waals surface area contributed by atoms with Gasteiger partial charge < -0.3 is 15.8 Å². The molecule has 1 aliphatic heterocycles. The number of ether oxygens (including phenoxy) is 1. The lowest BCUT2D eigenvalue weighted by molar-refractivity contribution is 0.226. The summed E-state index contributed by atoms with van der Waals surface area (Å²) >= 11 is 3.37. The zero-order chi connectivity index (χ0) is 9.42. The Hall–Kier alpha value is -0.900. The number of halogens is 1. The molecule has 3 nitrogen and oxygen atoms in total. The Morgan fingerprint density at radius 1 is 1.62 bits per heavy atom. The topological polar surface area (TPSA) is 47.3 Å². The van der Waals surface area contributed by atoms with Gasteiger partial charge in [-0.25, -0.2) is 0 Å². The predicted molar refractivity (Wildman–Crippen MR) is 57.1 cm³/mol. The molecule has 1 aromatic rings. The maximum Gasteiger partial charge on any atom is 0.146 e. The van der Waals surface area contributed by atoms with Gasteiger partial charge in [-0.05, 0) is 19.1 Å². The molecule has 13 heavy (non-hydrogen) atoms. The smallest absolute Gasteiger partial charge is 0.146 e. The van der Waals surface area contributed by atoms with Crippen LogP contribution in [0.15, 0.2) is 16.6 Å². The average molecular weight is 243 g/mol. The SMILES string of the molecule is CC1CNc2c(N)cc(Br)cc2O1. The van der Waals surface area contributed by atoms with E-state index in [1.165, 1.54) is 0 Å². The van der Waals surface area contributed by atoms with Crippen molar-refractivity contribution in [2.24, 2.45) is 0 Å². The molecule has 0 amide bonds. The van der Waals surface area contributed by atoms with Crippen molar-refractivity contribution >= 4 is 27.3 Å². The van der Waals surface area contributed by atoms with Crippen LogP contribution in [0.2, 0.25) is 0 Å². The van der Waals surface area contributed by atoms with Gasteiger partial charge in [0.2, 0.25) is 0 Å². The third kappa shape index (κ3) is 1.58. The van der Waals surface area contributed by atoms with Gasteiger partial charge in [0, 0.05) is 4.47 Å². The maximum absolute atomic E-state index is 5.82. The summed E-state index contributed by atoms with van der Waals surface area (Å²) in [5.41, 5.74) is 7.44. The average Bonchev–Trinajstić information content (AvgIpc) is 2.02. The van der Waals surface area contributed by atoms with Gasteiger partial charge in [0.25, 0.3) is 0 Å². The molecule has 0 saturated heterocycles. The van der Waals surface area contributed by atoms with E-state index in [0.717, 1.165) is 28.1 Å². The summed E-state index contributed by atoms with van der Waals surface area (Å²) in [6.07, 6.45) is 0.196. The van der Waals surface area contributed by atoms with Crippen LogP contribution in [-0.4, -0.2) is 12.6 Å². The first kappa shape index (κ1) is 8.69. The van der Waals surface area contributed by atoms with Gasteiger partial charge in [-0.3, -0.25) is 0 Å². The lowest BCUT2D eigenvalue weighted by Crippen LogP contribution is -2.28. The molecule has 1 unspecified atom stereocenters. The molecule has 0 radical (unpaired) electrons. The van der Waals surface area contributed by atoms with Crippen LogP contribution in [0.25, 0.3) is 0 Å². The number of nitrogens with one attached hydrogen (secondary N) is 1. The van der Waals surface area contributed by atoms with E-state index in [9.17, 15) is 0 Å². The Labute approximate surface area is 85.4 Å². The Morgan fingerprint density at radius 3 is 3.15 bits per heavy atom. The Morgan fingerprint density at radius 2 is 2.38 bits per heavy atom. The molecule has 3 N–H and O–H groups in total. The molecule has 1 atom stereocenters. The molecule has 0 saturated carbocycles. The molecule has 1 aliphatic rings. The van der Waals surface area contributed by atoms with E-state index in [2.05, 4.69) is 21.2 Å². The number of nitrogen functional groups attached to an aromatic ring is 1. The highest BCUT2D eigenvalue weighted by atomic mass is 79.9. The van der Waals surface area contributed by atoms with Crippen LogP contribution in [0.3, 0.4) is 0 Å². The van der Waals surface area contributed by atoms with Crippen LogP contribution < -0.4 is 15.8 Å². The molecule has 1 heterocycles. The van der Waals surface area contributed by atoms with Crippen LogP contribution in [-0.2, 0) is 0 Å². The van der Waals surface area contributed by atoms with Crippen molar-refractivity contribution in [2.75, 3.05) is 17.6 Å². The van der Waals surface area contributed by atoms with Gasteiger partial charge in [0.05, 0.1) is 12.2 Å². The Balaban J connectivity index is 2.47. The van der Waals surface area contributed by atoms with Crippen LogP contribution in [0.1, 0.15) is 6.92 Å². The van der Waals surface area contributed by atoms with E-state index in [1.807, 2.05) is 19.1 Å². The predicted octanol–water partition coefficient (Wildman–Crippen LogP) is 2.22. The highest BCUT2D eigenvalue weighted by Gasteiger charge is 2.17. The lowest BCUT2D eigenvalue weighted by Gasteiger charge is -2.26. The summed E-state index contributed by atoms with van der Waals surface area (Å²) in [6.45, 7) is 2.83. The number of hydrogen-bond donors (Lipinski definition) is 2. The second-order valence-electron chi connectivity index (χ2n) is 3.18. The summed E-state index contributed by atoms with van der Waals surface area (Å²) in [6, 6.07) is 3.79. The van der Waals surface area contributed by atoms with Gasteiger partial charge in [-0.1, -0.05) is 15.9 Å². The number of benzene rings is 1. The van der Waals surface area contributed by atoms with Crippen molar-refractivity contribution in [3.8, 4) is 5.75 Å². The summed E-state index contributed by atoms with van der Waals surface area (Å²) < 4.78 is 6.57. The highest BCUT2D eigenvalue weighted by molar-refractivity contribution is 9.10. The third-order valence-electron chi connectivity index (χ3n) is 1.99. The Kier molecular flexibility index (Phi) is 2.07. The van der Waals surface area contributed by atoms with Crippen molar-refractivity contribution in [3.63, 3.8) is 0 Å². The molecule has 0 fully saturated rings. The summed E-state index contributed by atoms with van der Waals surface area (Å²) in [5.74, 6) is 0.825. The molecule has 0 aromatic heterocycles. The number of fused-ring (bicyclic) bond motifs is 1. The molecular weight excluding hydrogens is 232 g/mol. The summed E-state index contributed by atoms with van der Waals surface area (Å²) in [4.78, 5) is 0. The molecule has 2 rings (SSSR count). The van der Waals surface area contributed by atoms with Crippen molar-refractivity contribution in [1.29, 1.82) is 0 Å². The monoisotopic (exact) mass is 242 g/mol. The van der Waals surface area contributed by atoms with Crippen molar-refractivity contribution < 1.29 is 4.74 Å². The van der Waals surface area contributed by atoms with Crippen LogP contribution >= 0.6 is 15.9 Å². The molecule has 0 aliphatic carbocycles. The number of hydrogen-bond acceptors (Lipinski definition) is 3. The van der Waals surface area contributed by atoms with Gasteiger partial charge in [0.15, 0.2) is 0 Å². The molecule has 4 heteroatoms. The van der Waals surface area contributed by atoms with E-state index in [4.69, 9.17) is 10.5 Å². The number of anilines is 2. The fourth-order valence-electron chi connectivity index (χ4n) is 1.39. The fraction of sp³-hybridized carbons (Fsp3) is 0.333. The minimum Gasteiger partial charge on any atom is -0.487 e. The second-order valence-corrected chi connectivity index (χ2v) is 4.09. The fourth-order valence-corrected chi connectivity index (χ4v) is 1.84. The highest BCUT2D eigenvalue weighted by Crippen LogP contribution is 2.37. The van der Waals surface area contributed by atoms with Crippen LogP contribution in [0.4, 0.5) is 11.4 Å². The van der Waals surface area contributed by atoms with E-state index in [1.54, 1.807) is 0 Å². The van der Waals surface area contributed by atoms with E-state index in [0.29, 0.717) is 0 Å². The minimum atomic E-state index is 0.196. The molecule has 1 aromatic carbocycles. The van der Waals surface area contributed by atoms with Gasteiger partial charge in [0.1, 0.15) is 17.5 Å². The standard InChI is InChI=1S/C9H11BrN2O/c1-5-4-12-9-7(11)2-6(10)3-8(9)13-5/h2-3,5,12H,4,11H2,1H3. The van der Waals surface area contributed by atoms with Gasteiger partial charge >= 0.3 is 0 Å². The van der Waals surface area contributed by atoms with Crippen molar-refractivity contribution in [1.82, 2.24) is 0 Å². The summed E-state index contributed by atoms with van der Waals surface area (Å²) in [5, 5.41) is 3.24. The van der Waals surface area contributed by atoms with Gasteiger partial charge in [-0.2, -0.15) is 0 Å². The third-order valence-corrected chi connectivity index (χ3v) is 2.45. The first-order chi connectivity index (χ1) is 6.16. The van der Waals surface area contributed by atoms with Crippen molar-refractivity contribution in [2.45, 2.75) is 13.0 Å². The largest absolute Gasteiger partial charge is 0.487 e. The lowest BCUT2D eigenvalue weighted by atomic mass is 10.2. The normalized spacial score (nSPS) is 20.0. The molecule has 70 valence electrons. The minimum absolute atomic E-state index is 0.196. The van der Waals surface area contributed by atoms with E-state index < -0.39 is 0 Å². The van der Waals surface area contributed by atoms with Crippen LogP contribution in [0, 0.1) is 0 Å². The zero-order valence-corrected chi connectivity index (χ0v) is 8.89. The molecular formula is C9H11BrN2O. The molecule has 0 bridgehead atoms. The maximum atomic E-state index is 5.82.